The number of aromatic amines is 1. The molecule has 0 spiro atoms. The summed E-state index contributed by atoms with van der Waals surface area (Å²) in [7, 11) is -3.86. The number of nitrogens with zero attached hydrogens (tertiary/aromatic N) is 2. The number of aromatic nitrogens is 2. The summed E-state index contributed by atoms with van der Waals surface area (Å²) in [4.78, 5) is 14.7. The van der Waals surface area contributed by atoms with E-state index >= 15 is 0 Å². The summed E-state index contributed by atoms with van der Waals surface area (Å²) in [5.41, 5.74) is 4.26. The van der Waals surface area contributed by atoms with Crippen molar-refractivity contribution in [2.24, 2.45) is 0 Å². The molecule has 8 heteroatoms. The van der Waals surface area contributed by atoms with Crippen LogP contribution in [-0.2, 0) is 10.0 Å². The van der Waals surface area contributed by atoms with Crippen LogP contribution >= 0.6 is 0 Å². The number of H-pyrrole nitrogens is 1. The van der Waals surface area contributed by atoms with Gasteiger partial charge in [-0.1, -0.05) is 66.7 Å². The number of hydrogen-bond acceptors (Lipinski definition) is 4. The standard InChI is InChI=1S/C28H19N3O4S/c32-31(33)20-15-16-25-23(17-20)27(19-9-3-1-4-10-19)28(29-25)24-18-30(26-14-8-7-13-22(24)26)36(34,35)21-11-5-2-6-12-21/h1-18,29H. The van der Waals surface area contributed by atoms with E-state index < -0.39 is 14.9 Å². The largest absolute Gasteiger partial charge is 0.354 e. The lowest BCUT2D eigenvalue weighted by molar-refractivity contribution is -0.384. The van der Waals surface area contributed by atoms with Crippen LogP contribution in [0.15, 0.2) is 114 Å². The summed E-state index contributed by atoms with van der Waals surface area (Å²) in [6, 6.07) is 29.9. The lowest BCUT2D eigenvalue weighted by atomic mass is 9.98. The second kappa shape index (κ2) is 8.21. The van der Waals surface area contributed by atoms with Gasteiger partial charge in [0.1, 0.15) is 0 Å². The summed E-state index contributed by atoms with van der Waals surface area (Å²) in [6.07, 6.45) is 1.62. The average Bonchev–Trinajstić information content (AvgIpc) is 3.48. The molecule has 6 rings (SSSR count). The van der Waals surface area contributed by atoms with Crippen molar-refractivity contribution < 1.29 is 13.3 Å². The Morgan fingerprint density at radius 1 is 0.778 bits per heavy atom. The van der Waals surface area contributed by atoms with Gasteiger partial charge >= 0.3 is 0 Å². The molecule has 0 saturated heterocycles. The molecule has 7 nitrogen and oxygen atoms in total. The van der Waals surface area contributed by atoms with Gasteiger partial charge in [-0.05, 0) is 29.8 Å². The molecule has 0 saturated carbocycles. The van der Waals surface area contributed by atoms with E-state index in [1.807, 2.05) is 42.5 Å². The number of nitro groups is 1. The highest BCUT2D eigenvalue weighted by Gasteiger charge is 2.25. The predicted octanol–water partition coefficient (Wildman–Crippen LogP) is 6.60. The maximum atomic E-state index is 13.6. The van der Waals surface area contributed by atoms with E-state index in [0.717, 1.165) is 22.0 Å². The van der Waals surface area contributed by atoms with Crippen LogP contribution in [0.2, 0.25) is 0 Å². The Labute approximate surface area is 206 Å². The molecular weight excluding hydrogens is 474 g/mol. The zero-order chi connectivity index (χ0) is 24.9. The van der Waals surface area contributed by atoms with Crippen molar-refractivity contribution in [3.8, 4) is 22.4 Å². The van der Waals surface area contributed by atoms with Gasteiger partial charge in [-0.2, -0.15) is 0 Å². The molecule has 36 heavy (non-hydrogen) atoms. The maximum absolute atomic E-state index is 13.6. The van der Waals surface area contributed by atoms with Crippen LogP contribution < -0.4 is 0 Å². The highest BCUT2D eigenvalue weighted by atomic mass is 32.2. The Morgan fingerprint density at radius 3 is 2.17 bits per heavy atom. The topological polar surface area (TPSA) is 98.0 Å². The third-order valence-corrected chi connectivity index (χ3v) is 7.99. The van der Waals surface area contributed by atoms with Gasteiger partial charge in [0, 0.05) is 45.7 Å². The minimum Gasteiger partial charge on any atom is -0.354 e. The van der Waals surface area contributed by atoms with Crippen molar-refractivity contribution in [1.29, 1.82) is 0 Å². The molecule has 0 unspecified atom stereocenters. The molecule has 2 aromatic heterocycles. The first-order valence-electron chi connectivity index (χ1n) is 11.2. The van der Waals surface area contributed by atoms with Crippen LogP contribution in [0.3, 0.4) is 0 Å². The van der Waals surface area contributed by atoms with Crippen molar-refractivity contribution in [3.63, 3.8) is 0 Å². The SMILES string of the molecule is O=[N+]([O-])c1ccc2[nH]c(-c3cn(S(=O)(=O)c4ccccc4)c4ccccc34)c(-c3ccccc3)c2c1. The fraction of sp³-hybridized carbons (Fsp3) is 0. The Hall–Kier alpha value is -4.69. The predicted molar refractivity (Wildman–Crippen MR) is 140 cm³/mol. The number of non-ortho nitro benzene ring substituents is 1. The second-order valence-corrected chi connectivity index (χ2v) is 10.2. The molecule has 4 aromatic carbocycles. The van der Waals surface area contributed by atoms with E-state index in [4.69, 9.17) is 0 Å². The fourth-order valence-electron chi connectivity index (χ4n) is 4.65. The van der Waals surface area contributed by atoms with E-state index in [0.29, 0.717) is 22.2 Å². The summed E-state index contributed by atoms with van der Waals surface area (Å²) in [5.74, 6) is 0. The van der Waals surface area contributed by atoms with Gasteiger partial charge in [0.15, 0.2) is 0 Å². The second-order valence-electron chi connectivity index (χ2n) is 8.40. The first kappa shape index (κ1) is 21.8. The van der Waals surface area contributed by atoms with Gasteiger partial charge in [0.05, 0.1) is 21.0 Å². The average molecular weight is 494 g/mol. The molecule has 0 amide bonds. The monoisotopic (exact) mass is 493 g/mol. The van der Waals surface area contributed by atoms with Crippen molar-refractivity contribution in [1.82, 2.24) is 8.96 Å². The summed E-state index contributed by atoms with van der Waals surface area (Å²) < 4.78 is 28.5. The number of para-hydroxylation sites is 1. The molecule has 176 valence electrons. The van der Waals surface area contributed by atoms with Gasteiger partial charge in [0.25, 0.3) is 15.7 Å². The number of rotatable bonds is 5. The molecule has 6 aromatic rings. The Kier molecular flexibility index (Phi) is 4.98. The smallest absolute Gasteiger partial charge is 0.270 e. The van der Waals surface area contributed by atoms with Gasteiger partial charge in [0.2, 0.25) is 0 Å². The summed E-state index contributed by atoms with van der Waals surface area (Å²) in [6.45, 7) is 0. The Balaban J connectivity index is 1.69. The minimum atomic E-state index is -3.86. The molecule has 0 atom stereocenters. The van der Waals surface area contributed by atoms with Crippen molar-refractivity contribution in [2.45, 2.75) is 4.90 Å². The molecule has 0 fully saturated rings. The molecule has 2 heterocycles. The zero-order valence-electron chi connectivity index (χ0n) is 18.8. The van der Waals surface area contributed by atoms with E-state index in [2.05, 4.69) is 4.98 Å². The number of hydrogen-bond donors (Lipinski definition) is 1. The van der Waals surface area contributed by atoms with E-state index in [1.165, 1.54) is 10.0 Å². The van der Waals surface area contributed by atoms with E-state index in [1.54, 1.807) is 60.8 Å². The van der Waals surface area contributed by atoms with Gasteiger partial charge < -0.3 is 4.98 Å². The summed E-state index contributed by atoms with van der Waals surface area (Å²) in [5, 5.41) is 13.0. The fourth-order valence-corrected chi connectivity index (χ4v) is 6.04. The van der Waals surface area contributed by atoms with E-state index in [-0.39, 0.29) is 10.6 Å². The molecule has 0 bridgehead atoms. The molecule has 0 aliphatic rings. The Bertz CT molecular complexity index is 1870. The van der Waals surface area contributed by atoms with Crippen molar-refractivity contribution in [3.05, 3.63) is 119 Å². The first-order chi connectivity index (χ1) is 17.4. The highest BCUT2D eigenvalue weighted by Crippen LogP contribution is 2.42. The van der Waals surface area contributed by atoms with Crippen LogP contribution in [0, 0.1) is 10.1 Å². The van der Waals surface area contributed by atoms with Crippen LogP contribution in [0.1, 0.15) is 0 Å². The molecule has 0 radical (unpaired) electrons. The van der Waals surface area contributed by atoms with Gasteiger partial charge in [-0.25, -0.2) is 12.4 Å². The number of fused-ring (bicyclic) bond motifs is 2. The van der Waals surface area contributed by atoms with Gasteiger partial charge in [-0.15, -0.1) is 0 Å². The lowest BCUT2D eigenvalue weighted by Gasteiger charge is -2.07. The molecule has 0 aliphatic carbocycles. The highest BCUT2D eigenvalue weighted by molar-refractivity contribution is 7.90. The van der Waals surface area contributed by atoms with Crippen molar-refractivity contribution >= 4 is 37.5 Å². The molecular formula is C28H19N3O4S. The number of nitrogens with one attached hydrogen (secondary N) is 1. The van der Waals surface area contributed by atoms with Crippen LogP contribution in [-0.4, -0.2) is 22.3 Å². The molecule has 1 N–H and O–H groups in total. The third kappa shape index (κ3) is 3.38. The van der Waals surface area contributed by atoms with Crippen LogP contribution in [0.25, 0.3) is 44.2 Å². The first-order valence-corrected chi connectivity index (χ1v) is 12.7. The number of nitro benzene ring substituents is 1. The Morgan fingerprint density at radius 2 is 1.44 bits per heavy atom. The summed E-state index contributed by atoms with van der Waals surface area (Å²) >= 11 is 0. The minimum absolute atomic E-state index is 0.0145. The third-order valence-electron chi connectivity index (χ3n) is 6.30. The van der Waals surface area contributed by atoms with Crippen molar-refractivity contribution in [2.75, 3.05) is 0 Å². The maximum Gasteiger partial charge on any atom is 0.270 e. The zero-order valence-corrected chi connectivity index (χ0v) is 19.6. The quantitative estimate of drug-likeness (QED) is 0.216. The number of benzene rings is 4. The normalized spacial score (nSPS) is 11.8. The van der Waals surface area contributed by atoms with Gasteiger partial charge in [-0.3, -0.25) is 10.1 Å². The lowest BCUT2D eigenvalue weighted by Crippen LogP contribution is -2.11. The van der Waals surface area contributed by atoms with Crippen LogP contribution in [0.4, 0.5) is 5.69 Å². The van der Waals surface area contributed by atoms with Crippen LogP contribution in [0.5, 0.6) is 0 Å². The molecule has 0 aliphatic heterocycles. The van der Waals surface area contributed by atoms with E-state index in [9.17, 15) is 18.5 Å².